The van der Waals surface area contributed by atoms with Gasteiger partial charge in [0.15, 0.2) is 5.82 Å². The van der Waals surface area contributed by atoms with Crippen molar-refractivity contribution >= 4 is 43.9 Å². The molecule has 0 aliphatic heterocycles. The van der Waals surface area contributed by atoms with Gasteiger partial charge >= 0.3 is 0 Å². The van der Waals surface area contributed by atoms with Gasteiger partial charge in [0, 0.05) is 33.2 Å². The molecule has 9 aromatic carbocycles. The Morgan fingerprint density at radius 1 is 0.397 bits per heavy atom. The van der Waals surface area contributed by atoms with Crippen LogP contribution >= 0.6 is 0 Å². The van der Waals surface area contributed by atoms with Gasteiger partial charge in [0.1, 0.15) is 0 Å². The Kier molecular flexibility index (Phi) is 9.64. The Balaban J connectivity index is 1.02. The third kappa shape index (κ3) is 7.20. The normalized spacial score (nSPS) is 11.7. The highest BCUT2D eigenvalue weighted by Gasteiger charge is 2.16. The van der Waals surface area contributed by atoms with Crippen molar-refractivity contribution in [1.82, 2.24) is 14.5 Å². The first-order valence-corrected chi connectivity index (χ1v) is 21.2. The number of hydrogen-bond acceptors (Lipinski definition) is 3. The van der Waals surface area contributed by atoms with E-state index in [4.69, 9.17) is 15.4 Å². The number of allylic oxidation sites excluding steroid dienone is 1. The molecule has 0 radical (unpaired) electrons. The van der Waals surface area contributed by atoms with E-state index in [-0.39, 0.29) is 0 Å². The van der Waals surface area contributed by atoms with Crippen molar-refractivity contribution in [2.45, 2.75) is 0 Å². The minimum absolute atomic E-state index is 0.466. The summed E-state index contributed by atoms with van der Waals surface area (Å²) in [4.78, 5) is 10.4. The molecule has 0 spiro atoms. The summed E-state index contributed by atoms with van der Waals surface area (Å²) in [7, 11) is 0. The van der Waals surface area contributed by atoms with Gasteiger partial charge < -0.3 is 9.98 Å². The lowest BCUT2D eigenvalue weighted by atomic mass is 9.90. The van der Waals surface area contributed by atoms with Crippen LogP contribution < -0.4 is 0 Å². The number of benzene rings is 9. The lowest BCUT2D eigenvalue weighted by Crippen LogP contribution is -1.98. The smallest absolute Gasteiger partial charge is 0.160 e. The van der Waals surface area contributed by atoms with Crippen LogP contribution in [0.1, 0.15) is 16.7 Å². The number of para-hydroxylation sites is 2. The van der Waals surface area contributed by atoms with Gasteiger partial charge in [-0.25, -0.2) is 9.97 Å². The molecule has 11 aromatic rings. The maximum absolute atomic E-state index is 9.10. The SMILES string of the molecule is N=C(/C=C(/c1ccccc1)c1cccc2ccc(-c3cccc(-c4cc(-c5cccc(-n6c7ccccc7c7ccccc76)c5)nc(-c5ccccc5)n4)c3)cc12)c1ccccc1. The highest BCUT2D eigenvalue weighted by molar-refractivity contribution is 6.14. The highest BCUT2D eigenvalue weighted by atomic mass is 15.0. The Labute approximate surface area is 366 Å². The molecule has 2 aromatic heterocycles. The molecule has 2 heterocycles. The lowest BCUT2D eigenvalue weighted by Gasteiger charge is -2.15. The van der Waals surface area contributed by atoms with Gasteiger partial charge in [-0.2, -0.15) is 0 Å². The van der Waals surface area contributed by atoms with Crippen molar-refractivity contribution in [2.75, 3.05) is 0 Å². The van der Waals surface area contributed by atoms with Gasteiger partial charge in [0.05, 0.1) is 28.1 Å². The molecule has 4 nitrogen and oxygen atoms in total. The maximum atomic E-state index is 9.10. The molecule has 0 saturated heterocycles. The number of rotatable bonds is 9. The highest BCUT2D eigenvalue weighted by Crippen LogP contribution is 2.37. The summed E-state index contributed by atoms with van der Waals surface area (Å²) in [6.07, 6.45) is 2.00. The van der Waals surface area contributed by atoms with E-state index in [1.54, 1.807) is 0 Å². The van der Waals surface area contributed by atoms with Crippen LogP contribution in [0.2, 0.25) is 0 Å². The predicted octanol–water partition coefficient (Wildman–Crippen LogP) is 14.9. The van der Waals surface area contributed by atoms with E-state index in [0.717, 1.165) is 77.9 Å². The van der Waals surface area contributed by atoms with E-state index in [1.165, 1.54) is 21.8 Å². The standard InChI is InChI=1S/C59H40N4/c60-54(42-19-6-2-7-20-42)38-53(40-17-4-1-5-18-40)49-30-16-23-41-33-34-45(37-52(41)49)44-24-14-25-46(35-44)55-39-56(62-59(61-55)43-21-8-3-9-22-43)47-26-15-27-48(36-47)63-57-31-12-10-28-50(57)51-29-11-13-32-58(51)63/h1-39,60H/b53-38-,60-54?. The predicted molar refractivity (Wildman–Crippen MR) is 262 cm³/mol. The van der Waals surface area contributed by atoms with Gasteiger partial charge in [0.25, 0.3) is 0 Å². The van der Waals surface area contributed by atoms with Crippen LogP contribution in [-0.4, -0.2) is 20.2 Å². The second kappa shape index (κ2) is 16.2. The number of nitrogens with zero attached hydrogens (tertiary/aromatic N) is 3. The number of aromatic nitrogens is 3. The van der Waals surface area contributed by atoms with E-state index in [0.29, 0.717) is 11.5 Å². The summed E-state index contributed by atoms with van der Waals surface area (Å²) >= 11 is 0. The van der Waals surface area contributed by atoms with Crippen LogP contribution in [0, 0.1) is 5.41 Å². The van der Waals surface area contributed by atoms with Crippen molar-refractivity contribution in [3.8, 4) is 50.7 Å². The quantitative estimate of drug-likeness (QED) is 0.148. The largest absolute Gasteiger partial charge is 0.309 e. The minimum atomic E-state index is 0.466. The first-order valence-electron chi connectivity index (χ1n) is 21.2. The summed E-state index contributed by atoms with van der Waals surface area (Å²) < 4.78 is 2.35. The molecule has 0 aliphatic carbocycles. The van der Waals surface area contributed by atoms with E-state index in [9.17, 15) is 0 Å². The zero-order chi connectivity index (χ0) is 42.1. The van der Waals surface area contributed by atoms with Gasteiger partial charge in [-0.3, -0.25) is 0 Å². The van der Waals surface area contributed by atoms with Crippen molar-refractivity contribution < 1.29 is 0 Å². The van der Waals surface area contributed by atoms with Crippen LogP contribution in [0.5, 0.6) is 0 Å². The Bertz CT molecular complexity index is 3460. The molecule has 4 heteroatoms. The molecule has 1 N–H and O–H groups in total. The van der Waals surface area contributed by atoms with Crippen LogP contribution in [0.3, 0.4) is 0 Å². The molecule has 0 bridgehead atoms. The average molecular weight is 805 g/mol. The summed E-state index contributed by atoms with van der Waals surface area (Å²) in [5.41, 5.74) is 14.7. The number of fused-ring (bicyclic) bond motifs is 4. The monoisotopic (exact) mass is 804 g/mol. The molecule has 0 saturated carbocycles. The molecule has 296 valence electrons. The number of hydrogen-bond donors (Lipinski definition) is 1. The molecule has 63 heavy (non-hydrogen) atoms. The first-order chi connectivity index (χ1) is 31.1. The molecule has 0 unspecified atom stereocenters. The Morgan fingerprint density at radius 2 is 0.937 bits per heavy atom. The minimum Gasteiger partial charge on any atom is -0.309 e. The van der Waals surface area contributed by atoms with E-state index < -0.39 is 0 Å². The topological polar surface area (TPSA) is 54.6 Å². The third-order valence-corrected chi connectivity index (χ3v) is 11.9. The fourth-order valence-electron chi connectivity index (χ4n) is 8.79. The zero-order valence-electron chi connectivity index (χ0n) is 34.4. The summed E-state index contributed by atoms with van der Waals surface area (Å²) in [6.45, 7) is 0. The molecule has 11 rings (SSSR count). The van der Waals surface area contributed by atoms with Gasteiger partial charge in [0.2, 0.25) is 0 Å². The van der Waals surface area contributed by atoms with Crippen molar-refractivity contribution in [2.24, 2.45) is 0 Å². The molecular weight excluding hydrogens is 765 g/mol. The fourth-order valence-corrected chi connectivity index (χ4v) is 8.79. The fraction of sp³-hybridized carbons (Fsp3) is 0. The van der Waals surface area contributed by atoms with Gasteiger partial charge in [-0.05, 0) is 92.7 Å². The molecular formula is C59H40N4. The lowest BCUT2D eigenvalue weighted by molar-refractivity contribution is 1.16. The molecule has 0 amide bonds. The third-order valence-electron chi connectivity index (χ3n) is 11.9. The summed E-state index contributed by atoms with van der Waals surface area (Å²) in [5, 5.41) is 13.8. The van der Waals surface area contributed by atoms with Crippen molar-refractivity contribution in [3.05, 3.63) is 253 Å². The van der Waals surface area contributed by atoms with Crippen LogP contribution in [0.15, 0.2) is 237 Å². The summed E-state index contributed by atoms with van der Waals surface area (Å²) in [6, 6.07) is 80.3. The molecule has 0 atom stereocenters. The molecule has 0 fully saturated rings. The van der Waals surface area contributed by atoms with Gasteiger partial charge in [-0.15, -0.1) is 0 Å². The van der Waals surface area contributed by atoms with Crippen molar-refractivity contribution in [1.29, 1.82) is 5.41 Å². The van der Waals surface area contributed by atoms with E-state index >= 15 is 0 Å². The molecule has 0 aliphatic rings. The van der Waals surface area contributed by atoms with Crippen LogP contribution in [-0.2, 0) is 0 Å². The van der Waals surface area contributed by atoms with Crippen LogP contribution in [0.25, 0.3) is 88.9 Å². The van der Waals surface area contributed by atoms with E-state index in [2.05, 4.69) is 180 Å². The van der Waals surface area contributed by atoms with Crippen molar-refractivity contribution in [3.63, 3.8) is 0 Å². The Morgan fingerprint density at radius 3 is 1.63 bits per heavy atom. The maximum Gasteiger partial charge on any atom is 0.160 e. The average Bonchev–Trinajstić information content (AvgIpc) is 3.70. The van der Waals surface area contributed by atoms with Gasteiger partial charge in [-0.1, -0.05) is 188 Å². The first kappa shape index (κ1) is 37.5. The Hall–Kier alpha value is -8.47. The zero-order valence-corrected chi connectivity index (χ0v) is 34.4. The second-order valence-corrected chi connectivity index (χ2v) is 15.8. The second-order valence-electron chi connectivity index (χ2n) is 15.8. The van der Waals surface area contributed by atoms with Crippen LogP contribution in [0.4, 0.5) is 0 Å². The summed E-state index contributed by atoms with van der Waals surface area (Å²) in [5.74, 6) is 0.674. The number of nitrogens with one attached hydrogen (secondary N) is 1. The van der Waals surface area contributed by atoms with E-state index in [1.807, 2.05) is 60.7 Å².